The molecule has 2 rings (SSSR count). The van der Waals surface area contributed by atoms with E-state index in [1.165, 1.54) is 0 Å². The summed E-state index contributed by atoms with van der Waals surface area (Å²) in [5.74, 6) is 1.54. The summed E-state index contributed by atoms with van der Waals surface area (Å²) in [6.45, 7) is 4.39. The van der Waals surface area contributed by atoms with Crippen LogP contribution in [0, 0.1) is 13.8 Å². The van der Waals surface area contributed by atoms with Gasteiger partial charge in [-0.15, -0.1) is 0 Å². The summed E-state index contributed by atoms with van der Waals surface area (Å²) >= 11 is 9.31. The molecule has 0 amide bonds. The summed E-state index contributed by atoms with van der Waals surface area (Å²) < 4.78 is 6.41. The minimum Gasteiger partial charge on any atom is -0.444 e. The molecule has 90 valence electrons. The molecule has 1 heterocycles. The molecule has 2 aromatic rings. The number of hydrogen-bond donors (Lipinski definition) is 1. The van der Waals surface area contributed by atoms with Crippen LogP contribution in [0.1, 0.15) is 17.3 Å². The molecular formula is C12H12BrClN2O. The Morgan fingerprint density at radius 2 is 2.18 bits per heavy atom. The Morgan fingerprint density at radius 3 is 2.76 bits per heavy atom. The standard InChI is InChI=1S/C12H12BrClN2O/c1-7-8(2)17-12(16-7)6-15-11-4-3-9(14)5-10(11)13/h3-5,15H,6H2,1-2H3. The normalized spacial score (nSPS) is 10.6. The monoisotopic (exact) mass is 314 g/mol. The second-order valence-electron chi connectivity index (χ2n) is 3.73. The maximum Gasteiger partial charge on any atom is 0.213 e. The molecule has 1 aromatic heterocycles. The van der Waals surface area contributed by atoms with Crippen molar-refractivity contribution in [1.29, 1.82) is 0 Å². The molecule has 0 aliphatic heterocycles. The second-order valence-corrected chi connectivity index (χ2v) is 5.02. The van der Waals surface area contributed by atoms with E-state index in [0.29, 0.717) is 17.5 Å². The first-order valence-corrected chi connectivity index (χ1v) is 6.35. The van der Waals surface area contributed by atoms with Gasteiger partial charge in [0.2, 0.25) is 5.89 Å². The molecule has 0 saturated heterocycles. The van der Waals surface area contributed by atoms with Gasteiger partial charge in [-0.2, -0.15) is 0 Å². The first-order valence-electron chi connectivity index (χ1n) is 5.18. The number of nitrogens with zero attached hydrogens (tertiary/aromatic N) is 1. The summed E-state index contributed by atoms with van der Waals surface area (Å²) in [5.41, 5.74) is 1.89. The van der Waals surface area contributed by atoms with Crippen LogP contribution in [0.4, 0.5) is 5.69 Å². The fourth-order valence-corrected chi connectivity index (χ4v) is 2.24. The van der Waals surface area contributed by atoms with Crippen LogP contribution >= 0.6 is 27.5 Å². The summed E-state index contributed by atoms with van der Waals surface area (Å²) in [6, 6.07) is 5.59. The van der Waals surface area contributed by atoms with Crippen molar-refractivity contribution in [3.8, 4) is 0 Å². The number of nitrogens with one attached hydrogen (secondary N) is 1. The van der Waals surface area contributed by atoms with E-state index in [4.69, 9.17) is 16.0 Å². The van der Waals surface area contributed by atoms with E-state index in [2.05, 4.69) is 26.2 Å². The van der Waals surface area contributed by atoms with Gasteiger partial charge in [0.25, 0.3) is 0 Å². The lowest BCUT2D eigenvalue weighted by molar-refractivity contribution is 0.478. The number of aryl methyl sites for hydroxylation is 2. The van der Waals surface area contributed by atoms with Gasteiger partial charge < -0.3 is 9.73 Å². The summed E-state index contributed by atoms with van der Waals surface area (Å²) in [5, 5.41) is 3.93. The molecule has 0 aliphatic rings. The number of hydrogen-bond acceptors (Lipinski definition) is 3. The van der Waals surface area contributed by atoms with Gasteiger partial charge in [0.15, 0.2) is 0 Å². The average Bonchev–Trinajstić information content (AvgIpc) is 2.57. The minimum atomic E-state index is 0.551. The van der Waals surface area contributed by atoms with Gasteiger partial charge in [0.1, 0.15) is 5.76 Å². The van der Waals surface area contributed by atoms with Crippen molar-refractivity contribution < 1.29 is 4.42 Å². The number of anilines is 1. The molecule has 0 saturated carbocycles. The molecule has 0 aliphatic carbocycles. The Kier molecular flexibility index (Phi) is 3.74. The molecule has 1 N–H and O–H groups in total. The van der Waals surface area contributed by atoms with Crippen LogP contribution < -0.4 is 5.32 Å². The maximum absolute atomic E-state index is 5.87. The second kappa shape index (κ2) is 5.10. The van der Waals surface area contributed by atoms with E-state index in [-0.39, 0.29) is 0 Å². The molecule has 0 fully saturated rings. The molecule has 17 heavy (non-hydrogen) atoms. The van der Waals surface area contributed by atoms with Crippen molar-refractivity contribution in [1.82, 2.24) is 4.98 Å². The smallest absolute Gasteiger partial charge is 0.213 e. The summed E-state index contributed by atoms with van der Waals surface area (Å²) in [4.78, 5) is 4.30. The van der Waals surface area contributed by atoms with E-state index < -0.39 is 0 Å². The Balaban J connectivity index is 2.07. The third-order valence-corrected chi connectivity index (χ3v) is 3.33. The zero-order valence-corrected chi connectivity index (χ0v) is 11.9. The van der Waals surface area contributed by atoms with Gasteiger partial charge in [-0.05, 0) is 48.0 Å². The molecule has 1 aromatic carbocycles. The van der Waals surface area contributed by atoms with Crippen LogP contribution in [0.25, 0.3) is 0 Å². The lowest BCUT2D eigenvalue weighted by Gasteiger charge is -2.06. The first kappa shape index (κ1) is 12.5. The highest BCUT2D eigenvalue weighted by molar-refractivity contribution is 9.10. The Bertz CT molecular complexity index is 520. The summed E-state index contributed by atoms with van der Waals surface area (Å²) in [7, 11) is 0. The highest BCUT2D eigenvalue weighted by Gasteiger charge is 2.06. The molecule has 0 atom stereocenters. The fourth-order valence-electron chi connectivity index (χ4n) is 1.42. The molecule has 0 spiro atoms. The van der Waals surface area contributed by atoms with Gasteiger partial charge in [-0.3, -0.25) is 0 Å². The fraction of sp³-hybridized carbons (Fsp3) is 0.250. The number of rotatable bonds is 3. The van der Waals surface area contributed by atoms with E-state index in [0.717, 1.165) is 21.6 Å². The third kappa shape index (κ3) is 3.01. The van der Waals surface area contributed by atoms with Gasteiger partial charge in [0.05, 0.1) is 12.2 Å². The Hall–Kier alpha value is -1.000. The SMILES string of the molecule is Cc1nc(CNc2ccc(Cl)cc2Br)oc1C. The van der Waals surface area contributed by atoms with E-state index in [1.54, 1.807) is 0 Å². The lowest BCUT2D eigenvalue weighted by atomic mass is 10.3. The van der Waals surface area contributed by atoms with Crippen molar-refractivity contribution >= 4 is 33.2 Å². The van der Waals surface area contributed by atoms with Gasteiger partial charge in [-0.1, -0.05) is 11.6 Å². The Morgan fingerprint density at radius 1 is 1.41 bits per heavy atom. The third-order valence-electron chi connectivity index (χ3n) is 2.43. The predicted octanol–water partition coefficient (Wildman–Crippen LogP) is 4.32. The molecule has 0 bridgehead atoms. The van der Waals surface area contributed by atoms with Crippen molar-refractivity contribution in [2.45, 2.75) is 20.4 Å². The van der Waals surface area contributed by atoms with E-state index in [1.807, 2.05) is 32.0 Å². The molecule has 3 nitrogen and oxygen atoms in total. The van der Waals surface area contributed by atoms with Crippen LogP contribution in [-0.2, 0) is 6.54 Å². The zero-order valence-electron chi connectivity index (χ0n) is 9.55. The minimum absolute atomic E-state index is 0.551. The van der Waals surface area contributed by atoms with Crippen molar-refractivity contribution in [3.05, 3.63) is 45.0 Å². The maximum atomic E-state index is 5.87. The van der Waals surface area contributed by atoms with Crippen LogP contribution in [0.5, 0.6) is 0 Å². The number of benzene rings is 1. The zero-order chi connectivity index (χ0) is 12.4. The largest absolute Gasteiger partial charge is 0.444 e. The lowest BCUT2D eigenvalue weighted by Crippen LogP contribution is -2.00. The van der Waals surface area contributed by atoms with Crippen LogP contribution in [0.2, 0.25) is 5.02 Å². The molecular weight excluding hydrogens is 304 g/mol. The van der Waals surface area contributed by atoms with Crippen molar-refractivity contribution in [3.63, 3.8) is 0 Å². The van der Waals surface area contributed by atoms with Crippen LogP contribution in [0.15, 0.2) is 27.1 Å². The van der Waals surface area contributed by atoms with E-state index >= 15 is 0 Å². The number of oxazole rings is 1. The molecule has 0 unspecified atom stereocenters. The van der Waals surface area contributed by atoms with Gasteiger partial charge >= 0.3 is 0 Å². The summed E-state index contributed by atoms with van der Waals surface area (Å²) in [6.07, 6.45) is 0. The van der Waals surface area contributed by atoms with Crippen molar-refractivity contribution in [2.24, 2.45) is 0 Å². The Labute approximate surface area is 113 Å². The molecule has 0 radical (unpaired) electrons. The quantitative estimate of drug-likeness (QED) is 0.916. The van der Waals surface area contributed by atoms with Crippen LogP contribution in [-0.4, -0.2) is 4.98 Å². The van der Waals surface area contributed by atoms with Gasteiger partial charge in [-0.25, -0.2) is 4.98 Å². The van der Waals surface area contributed by atoms with E-state index in [9.17, 15) is 0 Å². The number of aromatic nitrogens is 1. The predicted molar refractivity (Wildman–Crippen MR) is 72.5 cm³/mol. The molecule has 5 heteroatoms. The number of halogens is 2. The first-order chi connectivity index (χ1) is 8.06. The topological polar surface area (TPSA) is 38.1 Å². The highest BCUT2D eigenvalue weighted by Crippen LogP contribution is 2.26. The average molecular weight is 316 g/mol. The highest BCUT2D eigenvalue weighted by atomic mass is 79.9. The van der Waals surface area contributed by atoms with Crippen LogP contribution in [0.3, 0.4) is 0 Å². The van der Waals surface area contributed by atoms with Gasteiger partial charge in [0, 0.05) is 15.2 Å². The van der Waals surface area contributed by atoms with Crippen molar-refractivity contribution in [2.75, 3.05) is 5.32 Å².